The molecule has 18 heavy (non-hydrogen) atoms. The van der Waals surface area contributed by atoms with E-state index in [9.17, 15) is 0 Å². The molecule has 0 unspecified atom stereocenters. The lowest BCUT2D eigenvalue weighted by Crippen LogP contribution is -2.18. The molecule has 1 aromatic heterocycles. The van der Waals surface area contributed by atoms with E-state index in [-0.39, 0.29) is 0 Å². The van der Waals surface area contributed by atoms with Gasteiger partial charge in [0.05, 0.1) is 4.47 Å². The van der Waals surface area contributed by atoms with Crippen molar-refractivity contribution in [2.75, 3.05) is 11.9 Å². The molecule has 0 bridgehead atoms. The van der Waals surface area contributed by atoms with Crippen molar-refractivity contribution in [3.8, 4) is 0 Å². The zero-order valence-corrected chi connectivity index (χ0v) is 13.5. The maximum Gasteiger partial charge on any atom is 0.142 e. The van der Waals surface area contributed by atoms with Crippen LogP contribution in [0.1, 0.15) is 11.1 Å². The Hall–Kier alpha value is -0.870. The molecular weight excluding hydrogens is 356 g/mol. The lowest BCUT2D eigenvalue weighted by Gasteiger charge is -2.20. The van der Waals surface area contributed by atoms with Crippen molar-refractivity contribution < 1.29 is 0 Å². The minimum atomic E-state index is 0.847. The molecule has 0 spiro atoms. The van der Waals surface area contributed by atoms with Crippen LogP contribution in [0.15, 0.2) is 45.5 Å². The first kappa shape index (κ1) is 13.6. The number of nitrogens with zero attached hydrogens (tertiary/aromatic N) is 2. The molecule has 2 nitrogen and oxygen atoms in total. The molecule has 0 saturated carbocycles. The fraction of sp³-hybridized carbons (Fsp3) is 0.214. The largest absolute Gasteiger partial charge is 0.354 e. The van der Waals surface area contributed by atoms with E-state index in [4.69, 9.17) is 0 Å². The third-order valence-corrected chi connectivity index (χ3v) is 3.84. The molecule has 1 heterocycles. The van der Waals surface area contributed by atoms with E-state index in [0.29, 0.717) is 0 Å². The molecule has 1 aromatic carbocycles. The summed E-state index contributed by atoms with van der Waals surface area (Å²) in [5, 5.41) is 0. The summed E-state index contributed by atoms with van der Waals surface area (Å²) in [7, 11) is 2.05. The molecule has 2 aromatic rings. The average Bonchev–Trinajstić information content (AvgIpc) is 2.32. The summed E-state index contributed by atoms with van der Waals surface area (Å²) in [4.78, 5) is 6.57. The summed E-state index contributed by atoms with van der Waals surface area (Å²) in [6.07, 6.45) is 1.81. The van der Waals surface area contributed by atoms with Gasteiger partial charge in [-0.1, -0.05) is 24.3 Å². The molecule has 0 saturated heterocycles. The van der Waals surface area contributed by atoms with Gasteiger partial charge < -0.3 is 4.90 Å². The summed E-state index contributed by atoms with van der Waals surface area (Å²) in [6, 6.07) is 10.4. The van der Waals surface area contributed by atoms with Crippen LogP contribution in [0, 0.1) is 6.92 Å². The number of aryl methyl sites for hydroxylation is 1. The predicted molar refractivity (Wildman–Crippen MR) is 82.9 cm³/mol. The first-order valence-electron chi connectivity index (χ1n) is 5.64. The Morgan fingerprint density at radius 3 is 2.61 bits per heavy atom. The highest BCUT2D eigenvalue weighted by molar-refractivity contribution is 9.11. The Bertz CT molecular complexity index is 555. The van der Waals surface area contributed by atoms with Gasteiger partial charge in [0.1, 0.15) is 5.82 Å². The van der Waals surface area contributed by atoms with Gasteiger partial charge in [-0.3, -0.25) is 0 Å². The standard InChI is InChI=1S/C14H14Br2N2/c1-10-5-3-4-6-11(10)9-18(2)14-13(16)7-12(15)8-17-14/h3-8H,9H2,1-2H3. The Labute approximate surface area is 124 Å². The van der Waals surface area contributed by atoms with Gasteiger partial charge in [-0.15, -0.1) is 0 Å². The van der Waals surface area contributed by atoms with Crippen molar-refractivity contribution in [1.82, 2.24) is 4.98 Å². The van der Waals surface area contributed by atoms with Crippen molar-refractivity contribution in [1.29, 1.82) is 0 Å². The van der Waals surface area contributed by atoms with Crippen molar-refractivity contribution in [3.05, 3.63) is 56.6 Å². The van der Waals surface area contributed by atoms with Crippen molar-refractivity contribution in [3.63, 3.8) is 0 Å². The van der Waals surface area contributed by atoms with Crippen LogP contribution in [0.2, 0.25) is 0 Å². The maximum absolute atomic E-state index is 4.44. The molecule has 94 valence electrons. The van der Waals surface area contributed by atoms with Crippen LogP contribution >= 0.6 is 31.9 Å². The Kier molecular flexibility index (Phi) is 4.40. The number of benzene rings is 1. The monoisotopic (exact) mass is 368 g/mol. The topological polar surface area (TPSA) is 16.1 Å². The van der Waals surface area contributed by atoms with E-state index < -0.39 is 0 Å². The fourth-order valence-electron chi connectivity index (χ4n) is 1.81. The van der Waals surface area contributed by atoms with Crippen molar-refractivity contribution in [2.24, 2.45) is 0 Å². The van der Waals surface area contributed by atoms with Gasteiger partial charge in [0.2, 0.25) is 0 Å². The summed E-state index contributed by atoms with van der Waals surface area (Å²) < 4.78 is 1.97. The molecule has 0 fully saturated rings. The van der Waals surface area contributed by atoms with E-state index in [1.165, 1.54) is 11.1 Å². The van der Waals surface area contributed by atoms with Crippen LogP contribution in [0.3, 0.4) is 0 Å². The van der Waals surface area contributed by atoms with Gasteiger partial charge in [-0.05, 0) is 56.0 Å². The zero-order valence-electron chi connectivity index (χ0n) is 10.3. The molecule has 0 amide bonds. The quantitative estimate of drug-likeness (QED) is 0.788. The Balaban J connectivity index is 2.22. The zero-order chi connectivity index (χ0) is 13.1. The predicted octanol–water partition coefficient (Wildman–Crippen LogP) is 4.55. The van der Waals surface area contributed by atoms with Crippen molar-refractivity contribution in [2.45, 2.75) is 13.5 Å². The third kappa shape index (κ3) is 3.12. The number of anilines is 1. The Morgan fingerprint density at radius 1 is 1.22 bits per heavy atom. The van der Waals surface area contributed by atoms with Crippen LogP contribution in [0.4, 0.5) is 5.82 Å². The summed E-state index contributed by atoms with van der Waals surface area (Å²) in [5.74, 6) is 0.946. The van der Waals surface area contributed by atoms with Crippen LogP contribution in [-0.4, -0.2) is 12.0 Å². The molecule has 0 aliphatic heterocycles. The van der Waals surface area contributed by atoms with Crippen LogP contribution in [0.5, 0.6) is 0 Å². The molecule has 0 aliphatic carbocycles. The van der Waals surface area contributed by atoms with E-state index in [1.807, 2.05) is 19.3 Å². The van der Waals surface area contributed by atoms with E-state index in [2.05, 4.69) is 72.9 Å². The number of hydrogen-bond donors (Lipinski definition) is 0. The van der Waals surface area contributed by atoms with Gasteiger partial charge in [0.25, 0.3) is 0 Å². The highest BCUT2D eigenvalue weighted by atomic mass is 79.9. The number of pyridine rings is 1. The number of hydrogen-bond acceptors (Lipinski definition) is 2. The molecule has 0 radical (unpaired) electrons. The smallest absolute Gasteiger partial charge is 0.142 e. The second-order valence-corrected chi connectivity index (χ2v) is 6.01. The minimum Gasteiger partial charge on any atom is -0.354 e. The maximum atomic E-state index is 4.44. The van der Waals surface area contributed by atoms with Gasteiger partial charge in [-0.2, -0.15) is 0 Å². The fourth-order valence-corrected chi connectivity index (χ4v) is 3.10. The van der Waals surface area contributed by atoms with Gasteiger partial charge in [0.15, 0.2) is 0 Å². The lowest BCUT2D eigenvalue weighted by atomic mass is 10.1. The SMILES string of the molecule is Cc1ccccc1CN(C)c1ncc(Br)cc1Br. The summed E-state index contributed by atoms with van der Waals surface area (Å²) in [5.41, 5.74) is 2.62. The molecular formula is C14H14Br2N2. The highest BCUT2D eigenvalue weighted by Gasteiger charge is 2.09. The molecule has 2 rings (SSSR count). The van der Waals surface area contributed by atoms with Gasteiger partial charge in [-0.25, -0.2) is 4.98 Å². The minimum absolute atomic E-state index is 0.847. The molecule has 0 atom stereocenters. The first-order chi connectivity index (χ1) is 8.58. The normalized spacial score (nSPS) is 10.4. The highest BCUT2D eigenvalue weighted by Crippen LogP contribution is 2.27. The van der Waals surface area contributed by atoms with Crippen LogP contribution in [-0.2, 0) is 6.54 Å². The van der Waals surface area contributed by atoms with E-state index in [1.54, 1.807) is 0 Å². The summed E-state index contributed by atoms with van der Waals surface area (Å²) in [6.45, 7) is 2.98. The second-order valence-electron chi connectivity index (χ2n) is 4.24. The number of rotatable bonds is 3. The first-order valence-corrected chi connectivity index (χ1v) is 7.23. The van der Waals surface area contributed by atoms with E-state index in [0.717, 1.165) is 21.3 Å². The van der Waals surface area contributed by atoms with Gasteiger partial charge >= 0.3 is 0 Å². The van der Waals surface area contributed by atoms with Crippen LogP contribution in [0.25, 0.3) is 0 Å². The summed E-state index contributed by atoms with van der Waals surface area (Å²) >= 11 is 6.96. The Morgan fingerprint density at radius 2 is 1.94 bits per heavy atom. The van der Waals surface area contributed by atoms with Crippen molar-refractivity contribution >= 4 is 37.7 Å². The average molecular weight is 370 g/mol. The lowest BCUT2D eigenvalue weighted by molar-refractivity contribution is 0.886. The molecule has 0 N–H and O–H groups in total. The molecule has 0 aliphatic rings. The molecule has 4 heteroatoms. The number of aromatic nitrogens is 1. The van der Waals surface area contributed by atoms with Gasteiger partial charge in [0, 0.05) is 24.3 Å². The van der Waals surface area contributed by atoms with Crippen LogP contribution < -0.4 is 4.90 Å². The van der Waals surface area contributed by atoms with E-state index >= 15 is 0 Å². The second kappa shape index (κ2) is 5.85. The number of halogens is 2. The third-order valence-electron chi connectivity index (χ3n) is 2.82.